The number of carbonyl (C=O) groups excluding carboxylic acids is 2. The van der Waals surface area contributed by atoms with Crippen LogP contribution in [0.25, 0.3) is 6.08 Å². The number of nitrogens with zero attached hydrogens (tertiary/aromatic N) is 4. The number of nitriles is 1. The van der Waals surface area contributed by atoms with Crippen LogP contribution in [-0.2, 0) is 11.3 Å². The maximum absolute atomic E-state index is 13.1. The van der Waals surface area contributed by atoms with Crippen LogP contribution in [0.4, 0.5) is 4.39 Å². The molecule has 1 aromatic carbocycles. The van der Waals surface area contributed by atoms with Crippen molar-refractivity contribution in [2.24, 2.45) is 5.92 Å². The van der Waals surface area contributed by atoms with E-state index in [0.717, 1.165) is 23.5 Å². The zero-order valence-corrected chi connectivity index (χ0v) is 19.1. The van der Waals surface area contributed by atoms with Gasteiger partial charge in [0.2, 0.25) is 0 Å². The van der Waals surface area contributed by atoms with Crippen LogP contribution in [0.5, 0.6) is 0 Å². The SMILES string of the molecule is Cc1cc(/C=C(/C#N)C(=O)N2CCN(C(=O)c3ccc(F)cc3)CC2)c(C)n1CC(C)C. The van der Waals surface area contributed by atoms with Gasteiger partial charge in [0.1, 0.15) is 17.5 Å². The first kappa shape index (κ1) is 23.3. The van der Waals surface area contributed by atoms with Gasteiger partial charge in [0, 0.05) is 49.7 Å². The maximum atomic E-state index is 13.1. The third-order valence-electron chi connectivity index (χ3n) is 5.76. The van der Waals surface area contributed by atoms with Gasteiger partial charge in [-0.05, 0) is 61.7 Å². The fraction of sp³-hybridized carbons (Fsp3) is 0.400. The molecule has 0 saturated carbocycles. The van der Waals surface area contributed by atoms with Crippen LogP contribution in [-0.4, -0.2) is 52.4 Å². The van der Waals surface area contributed by atoms with Crippen LogP contribution < -0.4 is 0 Å². The van der Waals surface area contributed by atoms with Crippen LogP contribution in [0.3, 0.4) is 0 Å². The molecule has 6 nitrogen and oxygen atoms in total. The molecule has 1 fully saturated rings. The normalized spacial score (nSPS) is 14.6. The van der Waals surface area contributed by atoms with E-state index in [-0.39, 0.29) is 17.4 Å². The molecule has 7 heteroatoms. The summed E-state index contributed by atoms with van der Waals surface area (Å²) in [5, 5.41) is 9.64. The first-order valence-electron chi connectivity index (χ1n) is 10.8. The Kier molecular flexibility index (Phi) is 7.14. The molecule has 0 spiro atoms. The molecule has 2 aromatic rings. The second-order valence-corrected chi connectivity index (χ2v) is 8.59. The number of hydrogen-bond acceptors (Lipinski definition) is 3. The highest BCUT2D eigenvalue weighted by molar-refractivity contribution is 6.02. The van der Waals surface area contributed by atoms with Gasteiger partial charge in [0.15, 0.2) is 0 Å². The van der Waals surface area contributed by atoms with Crippen LogP contribution in [0.15, 0.2) is 35.9 Å². The highest BCUT2D eigenvalue weighted by atomic mass is 19.1. The third kappa shape index (κ3) is 5.08. The molecule has 0 atom stereocenters. The smallest absolute Gasteiger partial charge is 0.264 e. The molecule has 3 rings (SSSR count). The predicted molar refractivity (Wildman–Crippen MR) is 121 cm³/mol. The van der Waals surface area contributed by atoms with Gasteiger partial charge >= 0.3 is 0 Å². The van der Waals surface area contributed by atoms with E-state index in [1.807, 2.05) is 19.9 Å². The van der Waals surface area contributed by atoms with Gasteiger partial charge in [0.05, 0.1) is 0 Å². The van der Waals surface area contributed by atoms with Gasteiger partial charge in [-0.15, -0.1) is 0 Å². The maximum Gasteiger partial charge on any atom is 0.264 e. The van der Waals surface area contributed by atoms with E-state index in [0.29, 0.717) is 37.7 Å². The van der Waals surface area contributed by atoms with Crippen molar-refractivity contribution in [1.29, 1.82) is 5.26 Å². The Bertz CT molecular complexity index is 1070. The molecule has 0 radical (unpaired) electrons. The van der Waals surface area contributed by atoms with Crippen LogP contribution >= 0.6 is 0 Å². The van der Waals surface area contributed by atoms with Gasteiger partial charge in [0.25, 0.3) is 11.8 Å². The summed E-state index contributed by atoms with van der Waals surface area (Å²) in [7, 11) is 0. The van der Waals surface area contributed by atoms with Crippen molar-refractivity contribution in [1.82, 2.24) is 14.4 Å². The fourth-order valence-electron chi connectivity index (χ4n) is 3.98. The van der Waals surface area contributed by atoms with Crippen molar-refractivity contribution < 1.29 is 14.0 Å². The first-order chi connectivity index (χ1) is 15.2. The summed E-state index contributed by atoms with van der Waals surface area (Å²) in [6.45, 7) is 10.6. The molecule has 1 aliphatic heterocycles. The Morgan fingerprint density at radius 3 is 2.25 bits per heavy atom. The van der Waals surface area contributed by atoms with Gasteiger partial charge in [-0.25, -0.2) is 4.39 Å². The second kappa shape index (κ2) is 9.82. The number of hydrogen-bond donors (Lipinski definition) is 0. The summed E-state index contributed by atoms with van der Waals surface area (Å²) in [6.07, 6.45) is 1.66. The highest BCUT2D eigenvalue weighted by Crippen LogP contribution is 2.21. The van der Waals surface area contributed by atoms with Crippen molar-refractivity contribution in [2.75, 3.05) is 26.2 Å². The summed E-state index contributed by atoms with van der Waals surface area (Å²) in [4.78, 5) is 28.8. The average molecular weight is 437 g/mol. The molecule has 1 aromatic heterocycles. The number of carbonyl (C=O) groups is 2. The minimum atomic E-state index is -0.391. The summed E-state index contributed by atoms with van der Waals surface area (Å²) in [5.41, 5.74) is 3.51. The van der Waals surface area contributed by atoms with Gasteiger partial charge < -0.3 is 14.4 Å². The molecule has 168 valence electrons. The van der Waals surface area contributed by atoms with Crippen LogP contribution in [0.1, 0.15) is 41.2 Å². The Morgan fingerprint density at radius 2 is 1.69 bits per heavy atom. The molecule has 2 amide bonds. The molecule has 0 aliphatic carbocycles. The van der Waals surface area contributed by atoms with E-state index in [9.17, 15) is 19.2 Å². The first-order valence-corrected chi connectivity index (χ1v) is 10.8. The third-order valence-corrected chi connectivity index (χ3v) is 5.76. The largest absolute Gasteiger partial charge is 0.348 e. The van der Waals surface area contributed by atoms with Crippen molar-refractivity contribution in [3.8, 4) is 6.07 Å². The molecule has 0 bridgehead atoms. The Balaban J connectivity index is 1.69. The van der Waals surface area contributed by atoms with E-state index in [4.69, 9.17) is 0 Å². The van der Waals surface area contributed by atoms with Gasteiger partial charge in [-0.3, -0.25) is 9.59 Å². The number of piperazine rings is 1. The van der Waals surface area contributed by atoms with E-state index < -0.39 is 5.82 Å². The molecular formula is C25H29FN4O2. The Hall–Kier alpha value is -3.40. The minimum Gasteiger partial charge on any atom is -0.348 e. The number of aryl methyl sites for hydroxylation is 1. The lowest BCUT2D eigenvalue weighted by atomic mass is 10.1. The fourth-order valence-corrected chi connectivity index (χ4v) is 3.98. The molecule has 0 unspecified atom stereocenters. The molecular weight excluding hydrogens is 407 g/mol. The lowest BCUT2D eigenvalue weighted by Crippen LogP contribution is -2.50. The minimum absolute atomic E-state index is 0.0908. The second-order valence-electron chi connectivity index (χ2n) is 8.59. The molecule has 2 heterocycles. The van der Waals surface area contributed by atoms with Gasteiger partial charge in [-0.2, -0.15) is 5.26 Å². The van der Waals surface area contributed by atoms with Crippen molar-refractivity contribution in [2.45, 2.75) is 34.2 Å². The van der Waals surface area contributed by atoms with Crippen molar-refractivity contribution in [3.63, 3.8) is 0 Å². The molecule has 1 aliphatic rings. The van der Waals surface area contributed by atoms with Crippen molar-refractivity contribution in [3.05, 3.63) is 64.2 Å². The number of benzene rings is 1. The average Bonchev–Trinajstić information content (AvgIpc) is 3.04. The predicted octanol–water partition coefficient (Wildman–Crippen LogP) is 3.79. The summed E-state index contributed by atoms with van der Waals surface area (Å²) < 4.78 is 15.3. The summed E-state index contributed by atoms with van der Waals surface area (Å²) in [5.74, 6) is -0.416. The zero-order valence-electron chi connectivity index (χ0n) is 19.1. The van der Waals surface area contributed by atoms with E-state index >= 15 is 0 Å². The van der Waals surface area contributed by atoms with Gasteiger partial charge in [-0.1, -0.05) is 13.8 Å². The molecule has 1 saturated heterocycles. The van der Waals surface area contributed by atoms with Crippen molar-refractivity contribution >= 4 is 17.9 Å². The zero-order chi connectivity index (χ0) is 23.4. The highest BCUT2D eigenvalue weighted by Gasteiger charge is 2.27. The van der Waals surface area contributed by atoms with Crippen LogP contribution in [0.2, 0.25) is 0 Å². The summed E-state index contributed by atoms with van der Waals surface area (Å²) >= 11 is 0. The Labute approximate surface area is 188 Å². The lowest BCUT2D eigenvalue weighted by Gasteiger charge is -2.34. The number of amides is 2. The molecule has 32 heavy (non-hydrogen) atoms. The number of halogens is 1. The lowest BCUT2D eigenvalue weighted by molar-refractivity contribution is -0.128. The number of aromatic nitrogens is 1. The van der Waals surface area contributed by atoms with E-state index in [2.05, 4.69) is 24.5 Å². The standard InChI is InChI=1S/C25H29FN4O2/c1-17(2)16-30-18(3)13-21(19(30)4)14-22(15-27)25(32)29-11-9-28(10-12-29)24(31)20-5-7-23(26)8-6-20/h5-8,13-14,17H,9-12,16H2,1-4H3/b22-14-. The van der Waals surface area contributed by atoms with E-state index in [1.54, 1.807) is 15.9 Å². The quantitative estimate of drug-likeness (QED) is 0.529. The summed E-state index contributed by atoms with van der Waals surface area (Å²) in [6, 6.07) is 9.49. The molecule has 0 N–H and O–H groups in total. The monoisotopic (exact) mass is 436 g/mol. The van der Waals surface area contributed by atoms with E-state index in [1.165, 1.54) is 24.3 Å². The van der Waals surface area contributed by atoms with Crippen LogP contribution in [0, 0.1) is 36.9 Å². The Morgan fingerprint density at radius 1 is 1.09 bits per heavy atom. The topological polar surface area (TPSA) is 69.3 Å². The number of rotatable bonds is 5.